The predicted molar refractivity (Wildman–Crippen MR) is 123 cm³/mol. The predicted octanol–water partition coefficient (Wildman–Crippen LogP) is 3.45. The molecule has 31 heavy (non-hydrogen) atoms. The average molecular weight is 421 g/mol. The van der Waals surface area contributed by atoms with Crippen molar-refractivity contribution in [3.8, 4) is 0 Å². The molecular weight excluding hydrogens is 388 g/mol. The molecule has 3 aromatic rings. The number of hydrogen-bond donors (Lipinski definition) is 2. The number of pyridine rings is 1. The summed E-state index contributed by atoms with van der Waals surface area (Å²) in [6.07, 6.45) is 5.68. The van der Waals surface area contributed by atoms with Crippen LogP contribution in [0.5, 0.6) is 0 Å². The fourth-order valence-electron chi connectivity index (χ4n) is 4.56. The fraction of sp³-hybridized carbons (Fsp3) is 0.440. The van der Waals surface area contributed by atoms with Crippen LogP contribution < -0.4 is 10.6 Å². The van der Waals surface area contributed by atoms with Crippen LogP contribution >= 0.6 is 0 Å². The summed E-state index contributed by atoms with van der Waals surface area (Å²) >= 11 is 0. The smallest absolute Gasteiger partial charge is 0.237 e. The first kappa shape index (κ1) is 21.5. The number of carbonyl (C=O) groups is 1. The van der Waals surface area contributed by atoms with E-state index in [1.54, 1.807) is 7.11 Å². The van der Waals surface area contributed by atoms with Gasteiger partial charge in [-0.3, -0.25) is 15.1 Å². The van der Waals surface area contributed by atoms with E-state index >= 15 is 0 Å². The van der Waals surface area contributed by atoms with Gasteiger partial charge in [-0.1, -0.05) is 32.0 Å². The van der Waals surface area contributed by atoms with Crippen LogP contribution in [0.3, 0.4) is 0 Å². The topological polar surface area (TPSA) is 68.2 Å². The summed E-state index contributed by atoms with van der Waals surface area (Å²) in [4.78, 5) is 17.5. The molecule has 0 aliphatic carbocycles. The lowest BCUT2D eigenvalue weighted by molar-refractivity contribution is -0.123. The van der Waals surface area contributed by atoms with E-state index in [9.17, 15) is 4.79 Å². The number of nitrogens with zero attached hydrogens (tertiary/aromatic N) is 2. The Labute approximate surface area is 184 Å². The maximum atomic E-state index is 13.0. The summed E-state index contributed by atoms with van der Waals surface area (Å²) in [7, 11) is 1.65. The largest absolute Gasteiger partial charge is 0.383 e. The first-order valence-corrected chi connectivity index (χ1v) is 11.1. The Kier molecular flexibility index (Phi) is 6.68. The van der Waals surface area contributed by atoms with Crippen LogP contribution in [-0.4, -0.2) is 41.8 Å². The average Bonchev–Trinajstić information content (AvgIpc) is 3.02. The zero-order valence-corrected chi connectivity index (χ0v) is 18.6. The third-order valence-electron chi connectivity index (χ3n) is 5.91. The normalized spacial score (nSPS) is 18.3. The minimum absolute atomic E-state index is 0.0317. The van der Waals surface area contributed by atoms with Crippen molar-refractivity contribution in [1.29, 1.82) is 0 Å². The second kappa shape index (κ2) is 9.62. The van der Waals surface area contributed by atoms with Gasteiger partial charge in [0.05, 0.1) is 24.9 Å². The summed E-state index contributed by atoms with van der Waals surface area (Å²) in [5.41, 5.74) is 4.73. The Morgan fingerprint density at radius 1 is 1.29 bits per heavy atom. The van der Waals surface area contributed by atoms with Gasteiger partial charge in [0.2, 0.25) is 5.91 Å². The molecule has 1 aliphatic heterocycles. The number of amides is 1. The number of rotatable bonds is 8. The van der Waals surface area contributed by atoms with Gasteiger partial charge in [-0.05, 0) is 48.1 Å². The summed E-state index contributed by atoms with van der Waals surface area (Å²) in [6.45, 7) is 6.21. The quantitative estimate of drug-likeness (QED) is 0.548. The zero-order valence-electron chi connectivity index (χ0n) is 18.6. The maximum absolute atomic E-state index is 13.0. The highest BCUT2D eigenvalue weighted by Crippen LogP contribution is 2.36. The number of methoxy groups -OCH3 is 1. The number of carbonyl (C=O) groups excluding carboxylic acids is 1. The molecular formula is C25H32N4O2. The van der Waals surface area contributed by atoms with Crippen molar-refractivity contribution in [2.45, 2.75) is 45.3 Å². The summed E-state index contributed by atoms with van der Waals surface area (Å²) in [5, 5.41) is 7.96. The number of ether oxygens (including phenoxy) is 1. The molecule has 6 nitrogen and oxygen atoms in total. The third kappa shape index (κ3) is 4.81. The van der Waals surface area contributed by atoms with Gasteiger partial charge in [0.25, 0.3) is 0 Å². The molecule has 2 N–H and O–H groups in total. The van der Waals surface area contributed by atoms with E-state index in [-0.39, 0.29) is 18.0 Å². The van der Waals surface area contributed by atoms with E-state index in [2.05, 4.69) is 64.5 Å². The molecule has 0 saturated heterocycles. The van der Waals surface area contributed by atoms with Crippen molar-refractivity contribution in [2.24, 2.45) is 5.92 Å². The van der Waals surface area contributed by atoms with Gasteiger partial charge in [0.1, 0.15) is 0 Å². The molecule has 2 unspecified atom stereocenters. The molecule has 1 amide bonds. The Bertz CT molecular complexity index is 1030. The molecule has 0 bridgehead atoms. The second-order valence-electron chi connectivity index (χ2n) is 8.73. The van der Waals surface area contributed by atoms with Gasteiger partial charge in [-0.15, -0.1) is 0 Å². The fourth-order valence-corrected chi connectivity index (χ4v) is 4.56. The van der Waals surface area contributed by atoms with Gasteiger partial charge in [0.15, 0.2) is 0 Å². The lowest BCUT2D eigenvalue weighted by Gasteiger charge is -2.25. The zero-order chi connectivity index (χ0) is 21.8. The van der Waals surface area contributed by atoms with Crippen LogP contribution in [0.4, 0.5) is 0 Å². The molecule has 3 heterocycles. The second-order valence-corrected chi connectivity index (χ2v) is 8.73. The number of nitrogens with one attached hydrogen (secondary N) is 2. The number of hydrogen-bond acceptors (Lipinski definition) is 4. The van der Waals surface area contributed by atoms with Gasteiger partial charge in [-0.2, -0.15) is 0 Å². The van der Waals surface area contributed by atoms with Gasteiger partial charge in [-0.25, -0.2) is 0 Å². The van der Waals surface area contributed by atoms with E-state index in [0.29, 0.717) is 32.0 Å². The van der Waals surface area contributed by atoms with E-state index in [4.69, 9.17) is 4.74 Å². The molecule has 6 heteroatoms. The van der Waals surface area contributed by atoms with Gasteiger partial charge >= 0.3 is 0 Å². The molecule has 0 spiro atoms. The Morgan fingerprint density at radius 3 is 2.90 bits per heavy atom. The van der Waals surface area contributed by atoms with Crippen LogP contribution in [-0.2, 0) is 22.5 Å². The van der Waals surface area contributed by atoms with Crippen molar-refractivity contribution in [2.75, 3.05) is 20.3 Å². The van der Waals surface area contributed by atoms with E-state index in [1.165, 1.54) is 22.0 Å². The highest BCUT2D eigenvalue weighted by atomic mass is 16.5. The standard InChI is InChI=1S/C25H32N4O2/c1-17(2)13-21-20-8-6-9-23-24(20)18(14-22(28-21)25(30)27-11-12-31-3)15-29(23)16-19-7-4-5-10-26-19/h4-10,15,17,21-22,28H,11-14,16H2,1-3H3,(H,27,30). The number of benzene rings is 1. The molecule has 2 aromatic heterocycles. The lowest BCUT2D eigenvalue weighted by atomic mass is 9.94. The molecule has 4 rings (SSSR count). The third-order valence-corrected chi connectivity index (χ3v) is 5.91. The number of aromatic nitrogens is 2. The van der Waals surface area contributed by atoms with Crippen LogP contribution in [0, 0.1) is 5.92 Å². The molecule has 0 saturated carbocycles. The Balaban J connectivity index is 1.72. The van der Waals surface area contributed by atoms with Gasteiger partial charge < -0.3 is 14.6 Å². The van der Waals surface area contributed by atoms with E-state index in [0.717, 1.165) is 12.1 Å². The minimum atomic E-state index is -0.276. The van der Waals surface area contributed by atoms with Crippen LogP contribution in [0.25, 0.3) is 10.9 Å². The highest BCUT2D eigenvalue weighted by molar-refractivity contribution is 5.90. The van der Waals surface area contributed by atoms with Crippen molar-refractivity contribution < 1.29 is 9.53 Å². The van der Waals surface area contributed by atoms with Crippen molar-refractivity contribution in [1.82, 2.24) is 20.2 Å². The molecule has 1 aliphatic rings. The van der Waals surface area contributed by atoms with Crippen LogP contribution in [0.1, 0.15) is 43.1 Å². The highest BCUT2D eigenvalue weighted by Gasteiger charge is 2.30. The minimum Gasteiger partial charge on any atom is -0.383 e. The summed E-state index contributed by atoms with van der Waals surface area (Å²) in [5.74, 6) is 0.548. The van der Waals surface area contributed by atoms with Crippen molar-refractivity contribution in [3.63, 3.8) is 0 Å². The molecule has 0 radical (unpaired) electrons. The van der Waals surface area contributed by atoms with Gasteiger partial charge in [0, 0.05) is 43.0 Å². The van der Waals surface area contributed by atoms with Crippen molar-refractivity contribution in [3.05, 3.63) is 65.6 Å². The molecule has 1 aromatic carbocycles. The monoisotopic (exact) mass is 420 g/mol. The lowest BCUT2D eigenvalue weighted by Crippen LogP contribution is -2.47. The maximum Gasteiger partial charge on any atom is 0.237 e. The van der Waals surface area contributed by atoms with Crippen molar-refractivity contribution >= 4 is 16.8 Å². The molecule has 2 atom stereocenters. The molecule has 0 fully saturated rings. The first-order valence-electron chi connectivity index (χ1n) is 11.1. The van der Waals surface area contributed by atoms with Crippen LogP contribution in [0.2, 0.25) is 0 Å². The first-order chi connectivity index (χ1) is 15.1. The summed E-state index contributed by atoms with van der Waals surface area (Å²) in [6, 6.07) is 12.4. The molecule has 164 valence electrons. The van der Waals surface area contributed by atoms with E-state index in [1.807, 2.05) is 18.3 Å². The Morgan fingerprint density at radius 2 is 2.16 bits per heavy atom. The Hall–Kier alpha value is -2.70. The van der Waals surface area contributed by atoms with Crippen LogP contribution in [0.15, 0.2) is 48.8 Å². The van der Waals surface area contributed by atoms with E-state index < -0.39 is 0 Å². The SMILES string of the molecule is COCCNC(=O)C1Cc2cn(Cc3ccccn3)c3cccc(c23)C(CC(C)C)N1. The summed E-state index contributed by atoms with van der Waals surface area (Å²) < 4.78 is 7.36.